The van der Waals surface area contributed by atoms with E-state index in [2.05, 4.69) is 0 Å². The van der Waals surface area contributed by atoms with Crippen LogP contribution in [0.25, 0.3) is 0 Å². The molecule has 1 unspecified atom stereocenters. The van der Waals surface area contributed by atoms with E-state index >= 15 is 0 Å². The van der Waals surface area contributed by atoms with E-state index in [4.69, 9.17) is 9.47 Å². The van der Waals surface area contributed by atoms with Crippen LogP contribution in [0, 0.1) is 0 Å². The molecule has 1 aromatic carbocycles. The second kappa shape index (κ2) is 6.06. The molecule has 1 N–H and O–H groups in total. The van der Waals surface area contributed by atoms with Gasteiger partial charge in [-0.25, -0.2) is 8.42 Å². The Kier molecular flexibility index (Phi) is 4.98. The van der Waals surface area contributed by atoms with Crippen molar-refractivity contribution in [3.05, 3.63) is 23.8 Å². The van der Waals surface area contributed by atoms with Crippen molar-refractivity contribution in [2.24, 2.45) is 0 Å². The molecule has 0 aliphatic heterocycles. The summed E-state index contributed by atoms with van der Waals surface area (Å²) in [4.78, 5) is 0. The Morgan fingerprint density at radius 2 is 1.72 bits per heavy atom. The fourth-order valence-corrected chi connectivity index (χ4v) is 2.33. The summed E-state index contributed by atoms with van der Waals surface area (Å²) in [7, 11) is -0.133. The normalized spacial score (nSPS) is 13.1. The summed E-state index contributed by atoms with van der Waals surface area (Å²) in [6.07, 6.45) is 0.306. The molecule has 5 nitrogen and oxygen atoms in total. The molecule has 0 radical (unpaired) electrons. The maximum atomic E-state index is 11.1. The Hall–Kier alpha value is -1.27. The van der Waals surface area contributed by atoms with Crippen LogP contribution < -0.4 is 9.47 Å². The van der Waals surface area contributed by atoms with Gasteiger partial charge >= 0.3 is 0 Å². The lowest BCUT2D eigenvalue weighted by Gasteiger charge is -2.17. The van der Waals surface area contributed by atoms with E-state index in [0.717, 1.165) is 6.26 Å². The van der Waals surface area contributed by atoms with Crippen LogP contribution in [0.5, 0.6) is 11.5 Å². The van der Waals surface area contributed by atoms with E-state index in [1.165, 1.54) is 14.2 Å². The summed E-state index contributed by atoms with van der Waals surface area (Å²) < 4.78 is 32.5. The van der Waals surface area contributed by atoms with Gasteiger partial charge in [-0.15, -0.1) is 0 Å². The van der Waals surface area contributed by atoms with Crippen LogP contribution in [-0.2, 0) is 9.84 Å². The number of aliphatic hydroxyl groups is 1. The first-order valence-electron chi connectivity index (χ1n) is 5.45. The van der Waals surface area contributed by atoms with E-state index in [1.807, 2.05) is 0 Å². The molecule has 102 valence electrons. The van der Waals surface area contributed by atoms with Gasteiger partial charge in [0.1, 0.15) is 21.3 Å². The minimum atomic E-state index is -3.11. The third kappa shape index (κ3) is 3.89. The van der Waals surface area contributed by atoms with Crippen molar-refractivity contribution >= 4 is 9.84 Å². The average Bonchev–Trinajstić information content (AvgIpc) is 2.33. The third-order valence-electron chi connectivity index (χ3n) is 2.56. The summed E-state index contributed by atoms with van der Waals surface area (Å²) in [5.41, 5.74) is 0.478. The van der Waals surface area contributed by atoms with Gasteiger partial charge in [0.2, 0.25) is 0 Å². The predicted octanol–water partition coefficient (Wildman–Crippen LogP) is 1.17. The molecule has 0 saturated carbocycles. The van der Waals surface area contributed by atoms with Crippen LogP contribution in [0.2, 0.25) is 0 Å². The Labute approximate surface area is 107 Å². The first-order chi connectivity index (χ1) is 8.39. The van der Waals surface area contributed by atoms with Crippen LogP contribution in [-0.4, -0.2) is 39.8 Å². The van der Waals surface area contributed by atoms with Gasteiger partial charge in [-0.2, -0.15) is 0 Å². The zero-order valence-electron chi connectivity index (χ0n) is 10.7. The molecule has 0 amide bonds. The largest absolute Gasteiger partial charge is 0.496 e. The van der Waals surface area contributed by atoms with Crippen LogP contribution >= 0.6 is 0 Å². The van der Waals surface area contributed by atoms with Crippen LogP contribution in [0.4, 0.5) is 0 Å². The Balaban J connectivity index is 2.99. The first kappa shape index (κ1) is 14.8. The van der Waals surface area contributed by atoms with Gasteiger partial charge in [-0.3, -0.25) is 0 Å². The van der Waals surface area contributed by atoms with Crippen LogP contribution in [0.1, 0.15) is 18.1 Å². The van der Waals surface area contributed by atoms with Crippen LogP contribution in [0.3, 0.4) is 0 Å². The summed E-state index contributed by atoms with van der Waals surface area (Å²) in [5.74, 6) is 0.876. The monoisotopic (exact) mass is 274 g/mol. The van der Waals surface area contributed by atoms with Gasteiger partial charge in [0.25, 0.3) is 0 Å². The molecule has 0 aromatic heterocycles. The molecule has 6 heteroatoms. The van der Waals surface area contributed by atoms with E-state index in [1.54, 1.807) is 18.2 Å². The number of rotatable bonds is 6. The molecule has 1 rings (SSSR count). The molecule has 18 heavy (non-hydrogen) atoms. The summed E-state index contributed by atoms with van der Waals surface area (Å²) >= 11 is 0. The minimum absolute atomic E-state index is 0.0879. The lowest BCUT2D eigenvalue weighted by Crippen LogP contribution is -2.10. The zero-order chi connectivity index (χ0) is 13.8. The molecule has 0 saturated heterocycles. The maximum Gasteiger partial charge on any atom is 0.147 e. The van der Waals surface area contributed by atoms with Crippen molar-refractivity contribution in [2.75, 3.05) is 26.2 Å². The SMILES string of the molecule is COc1cccc(OC)c1C(O)CCS(C)(=O)=O. The predicted molar refractivity (Wildman–Crippen MR) is 68.8 cm³/mol. The fourth-order valence-electron chi connectivity index (χ4n) is 1.68. The number of aliphatic hydroxyl groups excluding tert-OH is 1. The number of methoxy groups -OCH3 is 2. The summed E-state index contributed by atoms with van der Waals surface area (Å²) in [6, 6.07) is 5.13. The van der Waals surface area contributed by atoms with Crippen molar-refractivity contribution in [2.45, 2.75) is 12.5 Å². The molecule has 1 aromatic rings. The third-order valence-corrected chi connectivity index (χ3v) is 3.54. The minimum Gasteiger partial charge on any atom is -0.496 e. The van der Waals surface area contributed by atoms with Gasteiger partial charge in [-0.05, 0) is 18.6 Å². The maximum absolute atomic E-state index is 11.1. The molecular formula is C12H18O5S. The Morgan fingerprint density at radius 3 is 2.11 bits per heavy atom. The highest BCUT2D eigenvalue weighted by molar-refractivity contribution is 7.90. The highest BCUT2D eigenvalue weighted by atomic mass is 32.2. The zero-order valence-corrected chi connectivity index (χ0v) is 11.5. The number of hydrogen-bond donors (Lipinski definition) is 1. The molecule has 0 bridgehead atoms. The molecule has 1 atom stereocenters. The van der Waals surface area contributed by atoms with Gasteiger partial charge < -0.3 is 14.6 Å². The van der Waals surface area contributed by atoms with Crippen molar-refractivity contribution in [1.82, 2.24) is 0 Å². The van der Waals surface area contributed by atoms with E-state index in [-0.39, 0.29) is 12.2 Å². The second-order valence-corrected chi connectivity index (χ2v) is 6.27. The van der Waals surface area contributed by atoms with E-state index in [9.17, 15) is 13.5 Å². The molecular weight excluding hydrogens is 256 g/mol. The van der Waals surface area contributed by atoms with Crippen LogP contribution in [0.15, 0.2) is 18.2 Å². The fraction of sp³-hybridized carbons (Fsp3) is 0.500. The molecule has 0 fully saturated rings. The van der Waals surface area contributed by atoms with Gasteiger partial charge in [-0.1, -0.05) is 6.07 Å². The summed E-state index contributed by atoms with van der Waals surface area (Å²) in [5, 5.41) is 10.1. The number of ether oxygens (including phenoxy) is 2. The highest BCUT2D eigenvalue weighted by Crippen LogP contribution is 2.35. The van der Waals surface area contributed by atoms with Crippen molar-refractivity contribution in [3.63, 3.8) is 0 Å². The topological polar surface area (TPSA) is 72.8 Å². The first-order valence-corrected chi connectivity index (χ1v) is 7.51. The van der Waals surface area contributed by atoms with Gasteiger partial charge in [0, 0.05) is 6.26 Å². The quantitative estimate of drug-likeness (QED) is 0.843. The molecule has 0 aliphatic rings. The average molecular weight is 274 g/mol. The van der Waals surface area contributed by atoms with Gasteiger partial charge in [0.15, 0.2) is 0 Å². The second-order valence-electron chi connectivity index (χ2n) is 4.01. The lowest BCUT2D eigenvalue weighted by molar-refractivity contribution is 0.165. The van der Waals surface area contributed by atoms with Crippen molar-refractivity contribution in [1.29, 1.82) is 0 Å². The number of hydrogen-bond acceptors (Lipinski definition) is 5. The number of sulfone groups is 1. The smallest absolute Gasteiger partial charge is 0.147 e. The lowest BCUT2D eigenvalue weighted by atomic mass is 10.0. The molecule has 0 aliphatic carbocycles. The number of benzene rings is 1. The highest BCUT2D eigenvalue weighted by Gasteiger charge is 2.20. The van der Waals surface area contributed by atoms with Crippen molar-refractivity contribution in [3.8, 4) is 11.5 Å². The Morgan fingerprint density at radius 1 is 1.22 bits per heavy atom. The van der Waals surface area contributed by atoms with E-state index < -0.39 is 15.9 Å². The molecule has 0 spiro atoms. The Bertz CT molecular complexity index is 473. The summed E-state index contributed by atoms with van der Waals surface area (Å²) in [6.45, 7) is 0. The van der Waals surface area contributed by atoms with Crippen molar-refractivity contribution < 1.29 is 23.0 Å². The molecule has 0 heterocycles. The van der Waals surface area contributed by atoms with E-state index in [0.29, 0.717) is 17.1 Å². The van der Waals surface area contributed by atoms with Gasteiger partial charge in [0.05, 0.1) is 31.6 Å². The standard InChI is InChI=1S/C12H18O5S/c1-16-10-5-4-6-11(17-2)12(10)9(13)7-8-18(3,14)15/h4-6,9,13H,7-8H2,1-3H3.